The number of para-hydroxylation sites is 2. The quantitative estimate of drug-likeness (QED) is 0.341. The summed E-state index contributed by atoms with van der Waals surface area (Å²) in [6, 6.07) is 24.9. The fourth-order valence-corrected chi connectivity index (χ4v) is 3.28. The maximum atomic E-state index is 13.4. The fourth-order valence-electron chi connectivity index (χ4n) is 2.72. The minimum atomic E-state index is -0.388. The average Bonchev–Trinajstić information content (AvgIpc) is 3.26. The Morgan fingerprint density at radius 3 is 2.23 bits per heavy atom. The van der Waals surface area contributed by atoms with Crippen LogP contribution >= 0.6 is 11.8 Å². The number of benzene rings is 3. The number of aromatic nitrogens is 2. The van der Waals surface area contributed by atoms with Gasteiger partial charge in [0.25, 0.3) is 5.22 Å². The summed E-state index contributed by atoms with van der Waals surface area (Å²) in [6.45, 7) is 0. The highest BCUT2D eigenvalue weighted by Crippen LogP contribution is 2.25. The molecule has 0 saturated heterocycles. The number of rotatable bonds is 7. The number of anilines is 2. The molecule has 0 fully saturated rings. The molecule has 0 aliphatic heterocycles. The molecule has 8 heteroatoms. The van der Waals surface area contributed by atoms with E-state index in [0.717, 1.165) is 23.1 Å². The largest absolute Gasteiger partial charge is 0.411 e. The van der Waals surface area contributed by atoms with E-state index in [9.17, 15) is 9.18 Å². The van der Waals surface area contributed by atoms with Gasteiger partial charge >= 0.3 is 0 Å². The lowest BCUT2D eigenvalue weighted by Gasteiger charge is -2.25. The zero-order valence-corrected chi connectivity index (χ0v) is 16.6. The van der Waals surface area contributed by atoms with E-state index >= 15 is 0 Å². The third-order valence-corrected chi connectivity index (χ3v) is 4.89. The smallest absolute Gasteiger partial charge is 0.277 e. The number of hydrazine groups is 1. The Morgan fingerprint density at radius 2 is 1.60 bits per heavy atom. The van der Waals surface area contributed by atoms with Crippen LogP contribution in [-0.2, 0) is 4.79 Å². The SMILES string of the molecule is O=C(CSc1nnc(-c2cccc(F)c2)o1)NN(c1ccccc1)c1ccccc1. The van der Waals surface area contributed by atoms with Crippen molar-refractivity contribution in [2.45, 2.75) is 5.22 Å². The van der Waals surface area contributed by atoms with E-state index in [1.165, 1.54) is 12.1 Å². The molecule has 6 nitrogen and oxygen atoms in total. The molecule has 0 saturated carbocycles. The number of carbonyl (C=O) groups excluding carboxylic acids is 1. The van der Waals surface area contributed by atoms with Crippen LogP contribution in [0.25, 0.3) is 11.5 Å². The molecule has 150 valence electrons. The topological polar surface area (TPSA) is 71.3 Å². The molecule has 1 aromatic heterocycles. The van der Waals surface area contributed by atoms with Crippen molar-refractivity contribution in [1.82, 2.24) is 15.6 Å². The molecule has 0 radical (unpaired) electrons. The summed E-state index contributed by atoms with van der Waals surface area (Å²) in [7, 11) is 0. The predicted octanol–water partition coefficient (Wildman–Crippen LogP) is 4.84. The van der Waals surface area contributed by atoms with E-state index in [-0.39, 0.29) is 28.6 Å². The Hall–Kier alpha value is -3.65. The van der Waals surface area contributed by atoms with Crippen LogP contribution in [0, 0.1) is 5.82 Å². The number of hydrogen-bond acceptors (Lipinski definition) is 6. The fraction of sp³-hybridized carbons (Fsp3) is 0.0455. The van der Waals surface area contributed by atoms with E-state index in [4.69, 9.17) is 4.42 Å². The lowest BCUT2D eigenvalue weighted by molar-refractivity contribution is -0.118. The molecule has 0 aliphatic rings. The van der Waals surface area contributed by atoms with E-state index in [1.54, 1.807) is 17.1 Å². The lowest BCUT2D eigenvalue weighted by atomic mass is 10.2. The van der Waals surface area contributed by atoms with Gasteiger partial charge in [-0.15, -0.1) is 10.2 Å². The first-order valence-corrected chi connectivity index (χ1v) is 10.1. The summed E-state index contributed by atoms with van der Waals surface area (Å²) in [4.78, 5) is 12.6. The average molecular weight is 420 g/mol. The summed E-state index contributed by atoms with van der Waals surface area (Å²) >= 11 is 1.11. The number of nitrogens with zero attached hydrogens (tertiary/aromatic N) is 3. The summed E-state index contributed by atoms with van der Waals surface area (Å²) in [5, 5.41) is 9.78. The first-order valence-electron chi connectivity index (χ1n) is 9.11. The van der Waals surface area contributed by atoms with Gasteiger partial charge in [0.15, 0.2) is 0 Å². The Kier molecular flexibility index (Phi) is 6.05. The molecule has 4 aromatic rings. The number of amides is 1. The van der Waals surface area contributed by atoms with Crippen molar-refractivity contribution in [3.63, 3.8) is 0 Å². The standard InChI is InChI=1S/C22H17FN4O2S/c23-17-9-7-8-16(14-17)21-24-25-22(29-21)30-15-20(28)26-27(18-10-3-1-4-11-18)19-12-5-2-6-13-19/h1-14H,15H2,(H,26,28). The molecule has 4 rings (SSSR count). The van der Waals surface area contributed by atoms with Crippen LogP contribution in [0.15, 0.2) is 94.6 Å². The highest BCUT2D eigenvalue weighted by atomic mass is 32.2. The second-order valence-corrected chi connectivity index (χ2v) is 7.14. The monoisotopic (exact) mass is 420 g/mol. The molecule has 1 amide bonds. The Labute approximate surface area is 176 Å². The van der Waals surface area contributed by atoms with Gasteiger partial charge in [-0.1, -0.05) is 54.2 Å². The van der Waals surface area contributed by atoms with Gasteiger partial charge in [-0.3, -0.25) is 15.2 Å². The zero-order chi connectivity index (χ0) is 20.8. The van der Waals surface area contributed by atoms with Gasteiger partial charge in [0.05, 0.1) is 17.1 Å². The molecule has 0 aliphatic carbocycles. The van der Waals surface area contributed by atoms with Crippen LogP contribution < -0.4 is 10.4 Å². The first-order chi connectivity index (χ1) is 14.7. The molecule has 1 N–H and O–H groups in total. The van der Waals surface area contributed by atoms with Gasteiger partial charge in [-0.2, -0.15) is 0 Å². The molecule has 0 atom stereocenters. The predicted molar refractivity (Wildman–Crippen MR) is 114 cm³/mol. The van der Waals surface area contributed by atoms with E-state index in [1.807, 2.05) is 60.7 Å². The molecule has 1 heterocycles. The highest BCUT2D eigenvalue weighted by Gasteiger charge is 2.15. The third kappa shape index (κ3) is 4.84. The molecular formula is C22H17FN4O2S. The van der Waals surface area contributed by atoms with Crippen LogP contribution in [0.4, 0.5) is 15.8 Å². The van der Waals surface area contributed by atoms with Crippen LogP contribution in [0.5, 0.6) is 0 Å². The summed E-state index contributed by atoms with van der Waals surface area (Å²) in [5.41, 5.74) is 5.04. The molecule has 0 unspecified atom stereocenters. The van der Waals surface area contributed by atoms with Crippen molar-refractivity contribution in [1.29, 1.82) is 0 Å². The Balaban J connectivity index is 1.42. The first kappa shape index (κ1) is 19.7. The van der Waals surface area contributed by atoms with Crippen molar-refractivity contribution in [3.05, 3.63) is 90.7 Å². The van der Waals surface area contributed by atoms with Crippen molar-refractivity contribution >= 4 is 29.0 Å². The zero-order valence-electron chi connectivity index (χ0n) is 15.7. The highest BCUT2D eigenvalue weighted by molar-refractivity contribution is 7.99. The second-order valence-electron chi connectivity index (χ2n) is 6.21. The van der Waals surface area contributed by atoms with E-state index in [2.05, 4.69) is 15.6 Å². The molecule has 30 heavy (non-hydrogen) atoms. The van der Waals surface area contributed by atoms with Crippen molar-refractivity contribution < 1.29 is 13.6 Å². The van der Waals surface area contributed by atoms with E-state index < -0.39 is 0 Å². The van der Waals surface area contributed by atoms with Gasteiger partial charge in [-0.25, -0.2) is 4.39 Å². The molecule has 0 spiro atoms. The Morgan fingerprint density at radius 1 is 0.933 bits per heavy atom. The van der Waals surface area contributed by atoms with Gasteiger partial charge in [0.1, 0.15) is 5.82 Å². The van der Waals surface area contributed by atoms with Gasteiger partial charge in [-0.05, 0) is 42.5 Å². The van der Waals surface area contributed by atoms with Crippen LogP contribution in [0.1, 0.15) is 0 Å². The van der Waals surface area contributed by atoms with Crippen molar-refractivity contribution in [2.24, 2.45) is 0 Å². The van der Waals surface area contributed by atoms with Crippen LogP contribution in [0.2, 0.25) is 0 Å². The van der Waals surface area contributed by atoms with Gasteiger partial charge < -0.3 is 4.42 Å². The maximum absolute atomic E-state index is 13.4. The van der Waals surface area contributed by atoms with Crippen molar-refractivity contribution in [2.75, 3.05) is 10.8 Å². The van der Waals surface area contributed by atoms with Crippen LogP contribution in [-0.4, -0.2) is 21.9 Å². The molecule has 0 bridgehead atoms. The van der Waals surface area contributed by atoms with Crippen molar-refractivity contribution in [3.8, 4) is 11.5 Å². The second kappa shape index (κ2) is 9.23. The number of carbonyl (C=O) groups is 1. The maximum Gasteiger partial charge on any atom is 0.277 e. The number of thioether (sulfide) groups is 1. The Bertz CT molecular complexity index is 1080. The number of halogens is 1. The minimum Gasteiger partial charge on any atom is -0.411 e. The molecule has 3 aromatic carbocycles. The minimum absolute atomic E-state index is 0.0704. The summed E-state index contributed by atoms with van der Waals surface area (Å²) in [6.07, 6.45) is 0. The van der Waals surface area contributed by atoms with E-state index in [0.29, 0.717) is 5.56 Å². The third-order valence-electron chi connectivity index (χ3n) is 4.07. The summed E-state index contributed by atoms with van der Waals surface area (Å²) in [5.74, 6) is -0.354. The van der Waals surface area contributed by atoms with Crippen LogP contribution in [0.3, 0.4) is 0 Å². The van der Waals surface area contributed by atoms with Gasteiger partial charge in [0, 0.05) is 5.56 Å². The molecular weight excluding hydrogens is 403 g/mol. The lowest BCUT2D eigenvalue weighted by Crippen LogP contribution is -2.39. The number of hydrogen-bond donors (Lipinski definition) is 1. The van der Waals surface area contributed by atoms with Gasteiger partial charge in [0.2, 0.25) is 11.8 Å². The number of nitrogens with one attached hydrogen (secondary N) is 1. The normalized spacial score (nSPS) is 10.6. The summed E-state index contributed by atoms with van der Waals surface area (Å²) < 4.78 is 18.9.